The molecule has 2 aromatic carbocycles. The van der Waals surface area contributed by atoms with Gasteiger partial charge in [-0.25, -0.2) is 12.8 Å². The van der Waals surface area contributed by atoms with Gasteiger partial charge in [0.1, 0.15) is 5.82 Å². The molecule has 2 fully saturated rings. The fourth-order valence-electron chi connectivity index (χ4n) is 4.51. The van der Waals surface area contributed by atoms with Crippen molar-refractivity contribution in [3.63, 3.8) is 0 Å². The lowest BCUT2D eigenvalue weighted by atomic mass is 9.98. The molecule has 0 saturated carbocycles. The number of hydrogen-bond acceptors (Lipinski definition) is 4. The molecule has 0 unspecified atom stereocenters. The minimum atomic E-state index is -3.61. The van der Waals surface area contributed by atoms with Gasteiger partial charge < -0.3 is 15.5 Å². The number of sulfonamides is 1. The van der Waals surface area contributed by atoms with Gasteiger partial charge in [-0.15, -0.1) is 0 Å². The maximum absolute atomic E-state index is 14.1. The molecule has 2 aliphatic heterocycles. The number of nitrogens with zero attached hydrogens (tertiary/aromatic N) is 2. The number of nitrogens with one attached hydrogen (secondary N) is 2. The highest BCUT2D eigenvalue weighted by molar-refractivity contribution is 7.89. The van der Waals surface area contributed by atoms with Crippen LogP contribution in [0.15, 0.2) is 47.4 Å². The molecular weight excluding hydrogens is 471 g/mol. The molecular formula is C25H33FN4O2S2. The van der Waals surface area contributed by atoms with Gasteiger partial charge in [0, 0.05) is 26.2 Å². The summed E-state index contributed by atoms with van der Waals surface area (Å²) in [6.07, 6.45) is 3.88. The van der Waals surface area contributed by atoms with E-state index in [1.807, 2.05) is 6.07 Å². The lowest BCUT2D eigenvalue weighted by Gasteiger charge is -2.34. The average Bonchev–Trinajstić information content (AvgIpc) is 2.81. The number of para-hydroxylation sites is 1. The van der Waals surface area contributed by atoms with Crippen molar-refractivity contribution in [1.29, 1.82) is 0 Å². The van der Waals surface area contributed by atoms with Crippen LogP contribution in [0, 0.1) is 17.7 Å². The van der Waals surface area contributed by atoms with Crippen LogP contribution in [0.1, 0.15) is 39.5 Å². The van der Waals surface area contributed by atoms with Crippen molar-refractivity contribution in [3.05, 3.63) is 48.3 Å². The lowest BCUT2D eigenvalue weighted by Crippen LogP contribution is -2.38. The maximum Gasteiger partial charge on any atom is 0.243 e. The Labute approximate surface area is 207 Å². The Morgan fingerprint density at radius 3 is 2.15 bits per heavy atom. The zero-order chi connectivity index (χ0) is 24.3. The van der Waals surface area contributed by atoms with Gasteiger partial charge in [0.2, 0.25) is 10.0 Å². The second-order valence-corrected chi connectivity index (χ2v) is 11.8. The second kappa shape index (κ2) is 10.6. The Morgan fingerprint density at radius 2 is 1.50 bits per heavy atom. The predicted molar refractivity (Wildman–Crippen MR) is 140 cm³/mol. The van der Waals surface area contributed by atoms with Gasteiger partial charge in [-0.05, 0) is 80.1 Å². The summed E-state index contributed by atoms with van der Waals surface area (Å²) in [6.45, 7) is 7.25. The van der Waals surface area contributed by atoms with E-state index >= 15 is 0 Å². The lowest BCUT2D eigenvalue weighted by molar-refractivity contribution is 0.288. The normalized spacial score (nSPS) is 18.6. The molecule has 2 saturated heterocycles. The van der Waals surface area contributed by atoms with Gasteiger partial charge in [-0.3, -0.25) is 0 Å². The molecule has 0 atom stereocenters. The van der Waals surface area contributed by atoms with Crippen LogP contribution in [-0.4, -0.2) is 44.0 Å². The summed E-state index contributed by atoms with van der Waals surface area (Å²) in [6, 6.07) is 11.5. The van der Waals surface area contributed by atoms with Crippen LogP contribution in [0.25, 0.3) is 0 Å². The highest BCUT2D eigenvalue weighted by Crippen LogP contribution is 2.34. The molecule has 0 bridgehead atoms. The molecule has 2 N–H and O–H groups in total. The molecule has 0 amide bonds. The minimum absolute atomic E-state index is 0.207. The molecule has 0 aromatic heterocycles. The van der Waals surface area contributed by atoms with E-state index in [1.165, 1.54) is 6.07 Å². The minimum Gasteiger partial charge on any atom is -0.370 e. The number of anilines is 3. The van der Waals surface area contributed by atoms with Crippen molar-refractivity contribution in [1.82, 2.24) is 4.31 Å². The van der Waals surface area contributed by atoms with Crippen molar-refractivity contribution in [2.24, 2.45) is 11.8 Å². The van der Waals surface area contributed by atoms with Crippen molar-refractivity contribution < 1.29 is 12.8 Å². The molecule has 2 aromatic rings. The average molecular weight is 505 g/mol. The van der Waals surface area contributed by atoms with E-state index in [2.05, 4.69) is 29.4 Å². The van der Waals surface area contributed by atoms with Gasteiger partial charge >= 0.3 is 0 Å². The van der Waals surface area contributed by atoms with Gasteiger partial charge in [0.05, 0.1) is 22.0 Å². The number of benzene rings is 2. The molecule has 0 aliphatic carbocycles. The SMILES string of the molecule is CC1CCN(c2ccc(S(=O)(=O)N3CCC(C)CC3)cc2NC(=S)Nc2ccccc2F)CC1. The van der Waals surface area contributed by atoms with Gasteiger partial charge in [0.25, 0.3) is 0 Å². The summed E-state index contributed by atoms with van der Waals surface area (Å²) in [7, 11) is -3.61. The third kappa shape index (κ3) is 5.70. The number of rotatable bonds is 5. The summed E-state index contributed by atoms with van der Waals surface area (Å²) in [5.74, 6) is 0.791. The van der Waals surface area contributed by atoms with E-state index in [9.17, 15) is 12.8 Å². The van der Waals surface area contributed by atoms with Gasteiger partial charge in [0.15, 0.2) is 5.11 Å². The second-order valence-electron chi connectivity index (χ2n) is 9.49. The summed E-state index contributed by atoms with van der Waals surface area (Å²) >= 11 is 5.46. The van der Waals surface area contributed by atoms with Crippen LogP contribution < -0.4 is 15.5 Å². The fraction of sp³-hybridized carbons (Fsp3) is 0.480. The van der Waals surface area contributed by atoms with Crippen molar-refractivity contribution in [3.8, 4) is 0 Å². The van der Waals surface area contributed by atoms with Crippen LogP contribution in [0.3, 0.4) is 0 Å². The molecule has 0 radical (unpaired) electrons. The van der Waals surface area contributed by atoms with Crippen molar-refractivity contribution in [2.45, 2.75) is 44.4 Å². The van der Waals surface area contributed by atoms with Crippen LogP contribution in [0.5, 0.6) is 0 Å². The quantitative estimate of drug-likeness (QED) is 0.540. The van der Waals surface area contributed by atoms with E-state index in [-0.39, 0.29) is 15.7 Å². The van der Waals surface area contributed by atoms with Gasteiger partial charge in [-0.1, -0.05) is 26.0 Å². The summed E-state index contributed by atoms with van der Waals surface area (Å²) in [5.41, 5.74) is 1.77. The zero-order valence-corrected chi connectivity index (χ0v) is 21.4. The van der Waals surface area contributed by atoms with Crippen LogP contribution in [-0.2, 0) is 10.0 Å². The van der Waals surface area contributed by atoms with E-state index in [1.54, 1.807) is 34.6 Å². The third-order valence-electron chi connectivity index (χ3n) is 6.84. The van der Waals surface area contributed by atoms with Crippen LogP contribution in [0.4, 0.5) is 21.5 Å². The summed E-state index contributed by atoms with van der Waals surface area (Å²) in [5, 5.41) is 6.24. The molecule has 2 heterocycles. The van der Waals surface area contributed by atoms with Crippen molar-refractivity contribution in [2.75, 3.05) is 41.7 Å². The molecule has 184 valence electrons. The Hall–Kier alpha value is -2.23. The molecule has 2 aliphatic rings. The molecule has 34 heavy (non-hydrogen) atoms. The summed E-state index contributed by atoms with van der Waals surface area (Å²) < 4.78 is 42.4. The molecule has 9 heteroatoms. The maximum atomic E-state index is 14.1. The predicted octanol–water partition coefficient (Wildman–Crippen LogP) is 5.29. The Morgan fingerprint density at radius 1 is 0.912 bits per heavy atom. The van der Waals surface area contributed by atoms with E-state index in [0.717, 1.165) is 44.5 Å². The topological polar surface area (TPSA) is 64.7 Å². The third-order valence-corrected chi connectivity index (χ3v) is 8.94. The van der Waals surface area contributed by atoms with Gasteiger partial charge in [-0.2, -0.15) is 4.31 Å². The van der Waals surface area contributed by atoms with E-state index in [4.69, 9.17) is 12.2 Å². The summed E-state index contributed by atoms with van der Waals surface area (Å²) in [4.78, 5) is 2.50. The van der Waals surface area contributed by atoms with Crippen LogP contribution in [0.2, 0.25) is 0 Å². The zero-order valence-electron chi connectivity index (χ0n) is 19.8. The highest BCUT2D eigenvalue weighted by atomic mass is 32.2. The van der Waals surface area contributed by atoms with E-state index < -0.39 is 15.8 Å². The Bertz CT molecular complexity index is 1130. The van der Waals surface area contributed by atoms with E-state index in [0.29, 0.717) is 30.6 Å². The Kier molecular flexibility index (Phi) is 7.74. The highest BCUT2D eigenvalue weighted by Gasteiger charge is 2.29. The first-order valence-electron chi connectivity index (χ1n) is 12.0. The number of hydrogen-bond donors (Lipinski definition) is 2. The first-order chi connectivity index (χ1) is 16.2. The first-order valence-corrected chi connectivity index (χ1v) is 13.8. The smallest absolute Gasteiger partial charge is 0.243 e. The first kappa shape index (κ1) is 24.9. The number of piperidine rings is 2. The monoisotopic (exact) mass is 504 g/mol. The Balaban J connectivity index is 1.62. The van der Waals surface area contributed by atoms with Crippen LogP contribution >= 0.6 is 12.2 Å². The molecule has 6 nitrogen and oxygen atoms in total. The fourth-order valence-corrected chi connectivity index (χ4v) is 6.23. The number of thiocarbonyl (C=S) groups is 1. The molecule has 4 rings (SSSR count). The molecule has 0 spiro atoms. The standard InChI is InChI=1S/C25H33FN4O2S2/c1-18-9-13-29(14-10-18)24-8-7-20(34(31,32)30-15-11-19(2)12-16-30)17-23(24)28-25(33)27-22-6-4-3-5-21(22)26/h3-8,17-19H,9-16H2,1-2H3,(H2,27,28,33). The van der Waals surface area contributed by atoms with Crippen molar-refractivity contribution >= 4 is 44.4 Å². The largest absolute Gasteiger partial charge is 0.370 e. The number of halogens is 1.